The van der Waals surface area contributed by atoms with E-state index in [0.717, 1.165) is 30.0 Å². The second-order valence-corrected chi connectivity index (χ2v) is 5.46. The third-order valence-corrected chi connectivity index (χ3v) is 3.77. The monoisotopic (exact) mass is 297 g/mol. The average Bonchev–Trinajstić information content (AvgIpc) is 2.47. The zero-order chi connectivity index (χ0) is 14.6. The van der Waals surface area contributed by atoms with Crippen LogP contribution in [0.5, 0.6) is 0 Å². The van der Waals surface area contributed by atoms with Gasteiger partial charge in [-0.15, -0.1) is 0 Å². The fourth-order valence-electron chi connectivity index (χ4n) is 1.75. The molecule has 5 heteroatoms. The van der Waals surface area contributed by atoms with Gasteiger partial charge in [-0.2, -0.15) is 11.8 Å². The highest BCUT2D eigenvalue weighted by atomic mass is 32.2. The predicted molar refractivity (Wildman–Crippen MR) is 82.8 cm³/mol. The summed E-state index contributed by atoms with van der Waals surface area (Å²) in [6, 6.07) is 9.20. The number of hydrogen-bond donors (Lipinski definition) is 2. The SMILES string of the molecule is CCOC(=O)C(NCCSCCCO)c1ccccc1. The maximum atomic E-state index is 12.0. The molecule has 112 valence electrons. The van der Waals surface area contributed by atoms with E-state index in [9.17, 15) is 4.79 Å². The number of carbonyl (C=O) groups is 1. The van der Waals surface area contributed by atoms with Crippen LogP contribution in [0.1, 0.15) is 24.9 Å². The number of nitrogens with one attached hydrogen (secondary N) is 1. The van der Waals surface area contributed by atoms with Crippen LogP contribution >= 0.6 is 11.8 Å². The Morgan fingerprint density at radius 3 is 2.75 bits per heavy atom. The average molecular weight is 297 g/mol. The van der Waals surface area contributed by atoms with Gasteiger partial charge in [-0.1, -0.05) is 30.3 Å². The molecule has 2 N–H and O–H groups in total. The van der Waals surface area contributed by atoms with Gasteiger partial charge in [0.25, 0.3) is 0 Å². The van der Waals surface area contributed by atoms with Gasteiger partial charge in [0.2, 0.25) is 0 Å². The Kier molecular flexibility index (Phi) is 9.11. The fourth-order valence-corrected chi connectivity index (χ4v) is 2.55. The smallest absolute Gasteiger partial charge is 0.327 e. The molecular formula is C15H23NO3S. The maximum Gasteiger partial charge on any atom is 0.327 e. The van der Waals surface area contributed by atoms with Crippen LogP contribution in [0, 0.1) is 0 Å². The van der Waals surface area contributed by atoms with E-state index in [1.165, 1.54) is 0 Å². The minimum absolute atomic E-state index is 0.232. The van der Waals surface area contributed by atoms with Crippen molar-refractivity contribution in [1.82, 2.24) is 5.32 Å². The molecule has 0 aliphatic heterocycles. The van der Waals surface area contributed by atoms with Crippen LogP contribution in [0.15, 0.2) is 30.3 Å². The Labute approximate surface area is 124 Å². The molecular weight excluding hydrogens is 274 g/mol. The highest BCUT2D eigenvalue weighted by Crippen LogP contribution is 2.14. The van der Waals surface area contributed by atoms with Crippen molar-refractivity contribution < 1.29 is 14.6 Å². The zero-order valence-electron chi connectivity index (χ0n) is 11.9. The van der Waals surface area contributed by atoms with Gasteiger partial charge in [-0.25, -0.2) is 4.79 Å². The summed E-state index contributed by atoms with van der Waals surface area (Å²) >= 11 is 1.77. The molecule has 20 heavy (non-hydrogen) atoms. The van der Waals surface area contributed by atoms with Crippen molar-refractivity contribution in [3.8, 4) is 0 Å². The fraction of sp³-hybridized carbons (Fsp3) is 0.533. The maximum absolute atomic E-state index is 12.0. The molecule has 0 aliphatic rings. The molecule has 0 saturated heterocycles. The van der Waals surface area contributed by atoms with Gasteiger partial charge < -0.3 is 9.84 Å². The summed E-state index contributed by atoms with van der Waals surface area (Å²) in [5.74, 6) is 1.61. The molecule has 0 fully saturated rings. The molecule has 1 aromatic rings. The summed E-state index contributed by atoms with van der Waals surface area (Å²) in [4.78, 5) is 12.0. The second kappa shape index (κ2) is 10.7. The quantitative estimate of drug-likeness (QED) is 0.511. The number of aliphatic hydroxyl groups excluding tert-OH is 1. The Balaban J connectivity index is 2.45. The van der Waals surface area contributed by atoms with Crippen molar-refractivity contribution in [2.24, 2.45) is 0 Å². The van der Waals surface area contributed by atoms with E-state index in [2.05, 4.69) is 5.32 Å². The minimum atomic E-state index is -0.408. The summed E-state index contributed by atoms with van der Waals surface area (Å²) in [7, 11) is 0. The van der Waals surface area contributed by atoms with Crippen LogP contribution < -0.4 is 5.32 Å². The minimum Gasteiger partial charge on any atom is -0.465 e. The molecule has 0 radical (unpaired) electrons. The van der Waals surface area contributed by atoms with Crippen molar-refractivity contribution >= 4 is 17.7 Å². The third kappa shape index (κ3) is 6.41. The molecule has 1 rings (SSSR count). The van der Waals surface area contributed by atoms with Crippen molar-refractivity contribution in [3.05, 3.63) is 35.9 Å². The molecule has 0 aliphatic carbocycles. The molecule has 0 aromatic heterocycles. The second-order valence-electron chi connectivity index (χ2n) is 4.24. The molecule has 4 nitrogen and oxygen atoms in total. The third-order valence-electron chi connectivity index (χ3n) is 2.70. The van der Waals surface area contributed by atoms with Crippen LogP contribution in [0.25, 0.3) is 0 Å². The van der Waals surface area contributed by atoms with Crippen molar-refractivity contribution in [1.29, 1.82) is 0 Å². The largest absolute Gasteiger partial charge is 0.465 e. The van der Waals surface area contributed by atoms with E-state index < -0.39 is 6.04 Å². The molecule has 0 amide bonds. The van der Waals surface area contributed by atoms with Gasteiger partial charge >= 0.3 is 5.97 Å². The van der Waals surface area contributed by atoms with Crippen LogP contribution in [-0.4, -0.2) is 42.3 Å². The number of aliphatic hydroxyl groups is 1. The number of carbonyl (C=O) groups excluding carboxylic acids is 1. The molecule has 1 unspecified atom stereocenters. The highest BCUT2D eigenvalue weighted by Gasteiger charge is 2.20. The van der Waals surface area contributed by atoms with E-state index in [4.69, 9.17) is 9.84 Å². The van der Waals surface area contributed by atoms with Crippen molar-refractivity contribution in [2.75, 3.05) is 31.3 Å². The standard InChI is InChI=1S/C15H23NO3S/c1-2-19-15(18)14(13-7-4-3-5-8-13)16-9-12-20-11-6-10-17/h3-5,7-8,14,16-17H,2,6,9-12H2,1H3. The summed E-state index contributed by atoms with van der Waals surface area (Å²) in [6.07, 6.45) is 0.810. The molecule has 0 heterocycles. The number of benzene rings is 1. The number of ether oxygens (including phenoxy) is 1. The van der Waals surface area contributed by atoms with Crippen LogP contribution in [0.3, 0.4) is 0 Å². The summed E-state index contributed by atoms with van der Waals surface area (Å²) in [5.41, 5.74) is 0.923. The zero-order valence-corrected chi connectivity index (χ0v) is 12.7. The normalized spacial score (nSPS) is 12.1. The van der Waals surface area contributed by atoms with Gasteiger partial charge in [-0.05, 0) is 24.7 Å². The lowest BCUT2D eigenvalue weighted by atomic mass is 10.1. The topological polar surface area (TPSA) is 58.6 Å². The van der Waals surface area contributed by atoms with Gasteiger partial charge in [0.15, 0.2) is 0 Å². The number of esters is 1. The van der Waals surface area contributed by atoms with E-state index in [0.29, 0.717) is 6.61 Å². The van der Waals surface area contributed by atoms with Gasteiger partial charge in [-0.3, -0.25) is 5.32 Å². The number of rotatable bonds is 10. The van der Waals surface area contributed by atoms with E-state index in [1.807, 2.05) is 37.3 Å². The lowest BCUT2D eigenvalue weighted by molar-refractivity contribution is -0.145. The number of hydrogen-bond acceptors (Lipinski definition) is 5. The first-order valence-corrected chi connectivity index (χ1v) is 8.08. The van der Waals surface area contributed by atoms with Crippen LogP contribution in [0.4, 0.5) is 0 Å². The van der Waals surface area contributed by atoms with E-state index in [-0.39, 0.29) is 12.6 Å². The first-order chi connectivity index (χ1) is 9.79. The van der Waals surface area contributed by atoms with E-state index >= 15 is 0 Å². The highest BCUT2D eigenvalue weighted by molar-refractivity contribution is 7.99. The number of thioether (sulfide) groups is 1. The summed E-state index contributed by atoms with van der Waals surface area (Å²) < 4.78 is 5.11. The molecule has 1 aromatic carbocycles. The predicted octanol–water partition coefficient (Wildman–Crippen LogP) is 2.00. The van der Waals surface area contributed by atoms with Crippen molar-refractivity contribution in [2.45, 2.75) is 19.4 Å². The molecule has 0 saturated carbocycles. The molecule has 1 atom stereocenters. The van der Waals surface area contributed by atoms with E-state index in [1.54, 1.807) is 11.8 Å². The Morgan fingerprint density at radius 1 is 1.35 bits per heavy atom. The Bertz CT molecular complexity index is 373. The van der Waals surface area contributed by atoms with Crippen LogP contribution in [-0.2, 0) is 9.53 Å². The Morgan fingerprint density at radius 2 is 2.10 bits per heavy atom. The van der Waals surface area contributed by atoms with Crippen LogP contribution in [0.2, 0.25) is 0 Å². The Hall–Kier alpha value is -1.04. The lowest BCUT2D eigenvalue weighted by Gasteiger charge is -2.17. The van der Waals surface area contributed by atoms with Crippen molar-refractivity contribution in [3.63, 3.8) is 0 Å². The van der Waals surface area contributed by atoms with Gasteiger partial charge in [0.1, 0.15) is 6.04 Å². The summed E-state index contributed by atoms with van der Waals surface area (Å²) in [5, 5.41) is 11.9. The first kappa shape index (κ1) is 17.0. The molecule has 0 bridgehead atoms. The van der Waals surface area contributed by atoms with Gasteiger partial charge in [0, 0.05) is 18.9 Å². The first-order valence-electron chi connectivity index (χ1n) is 6.93. The molecule has 0 spiro atoms. The van der Waals surface area contributed by atoms with Gasteiger partial charge in [0.05, 0.1) is 6.61 Å². The lowest BCUT2D eigenvalue weighted by Crippen LogP contribution is -2.31. The summed E-state index contributed by atoms with van der Waals surface area (Å²) in [6.45, 7) is 3.16.